The van der Waals surface area contributed by atoms with Crippen LogP contribution < -0.4 is 0 Å². The summed E-state index contributed by atoms with van der Waals surface area (Å²) < 4.78 is 49.7. The molecule has 0 aromatic heterocycles. The van der Waals surface area contributed by atoms with Crippen LogP contribution in [0.15, 0.2) is 53.4 Å². The second kappa shape index (κ2) is 9.99. The normalized spacial score (nSPS) is 14.8. The molecule has 10 heteroatoms. The van der Waals surface area contributed by atoms with Crippen molar-refractivity contribution in [3.8, 4) is 0 Å². The number of carbonyl (C=O) groups is 2. The molecule has 0 bridgehead atoms. The molecule has 3 rings (SSSR count). The molecule has 8 nitrogen and oxygen atoms in total. The molecule has 2 aromatic rings. The van der Waals surface area contributed by atoms with Gasteiger partial charge in [0.1, 0.15) is 5.82 Å². The van der Waals surface area contributed by atoms with E-state index >= 15 is 0 Å². The molecule has 1 amide bonds. The lowest BCUT2D eigenvalue weighted by molar-refractivity contribution is -0.133. The maximum Gasteiger partial charge on any atom is 0.338 e. The Morgan fingerprint density at radius 1 is 1.06 bits per heavy atom. The summed E-state index contributed by atoms with van der Waals surface area (Å²) in [6.07, 6.45) is 0. The summed E-state index contributed by atoms with van der Waals surface area (Å²) >= 11 is 0. The molecule has 1 fully saturated rings. The summed E-state index contributed by atoms with van der Waals surface area (Å²) in [6, 6.07) is 11.1. The van der Waals surface area contributed by atoms with Gasteiger partial charge >= 0.3 is 5.97 Å². The standard InChI is InChI=1S/C21H23FN2O6S/c1-23(14-16-2-6-18(22)7-3-16)20(25)15-30-21(26)17-4-8-19(9-5-17)31(27,28)24-10-12-29-13-11-24/h2-9H,10-15H2,1H3. The molecule has 0 aliphatic carbocycles. The van der Waals surface area contributed by atoms with Gasteiger partial charge in [0.2, 0.25) is 10.0 Å². The van der Waals surface area contributed by atoms with Gasteiger partial charge in [0.25, 0.3) is 5.91 Å². The van der Waals surface area contributed by atoms with E-state index in [1.807, 2.05) is 0 Å². The number of morpholine rings is 1. The van der Waals surface area contributed by atoms with Crippen molar-refractivity contribution in [2.75, 3.05) is 40.0 Å². The number of carbonyl (C=O) groups excluding carboxylic acids is 2. The van der Waals surface area contributed by atoms with Crippen LogP contribution in [0.4, 0.5) is 4.39 Å². The van der Waals surface area contributed by atoms with Crippen LogP contribution in [0.5, 0.6) is 0 Å². The molecular weight excluding hydrogens is 427 g/mol. The van der Waals surface area contributed by atoms with Crippen LogP contribution in [-0.4, -0.2) is 69.5 Å². The summed E-state index contributed by atoms with van der Waals surface area (Å²) in [4.78, 5) is 25.8. The number of hydrogen-bond donors (Lipinski definition) is 0. The summed E-state index contributed by atoms with van der Waals surface area (Å²) in [6.45, 7) is 1.01. The van der Waals surface area contributed by atoms with E-state index in [4.69, 9.17) is 9.47 Å². The highest BCUT2D eigenvalue weighted by atomic mass is 32.2. The number of halogens is 1. The zero-order valence-electron chi connectivity index (χ0n) is 17.0. The van der Waals surface area contributed by atoms with E-state index in [0.717, 1.165) is 5.56 Å². The van der Waals surface area contributed by atoms with Gasteiger partial charge in [0.15, 0.2) is 6.61 Å². The van der Waals surface area contributed by atoms with Crippen molar-refractivity contribution in [2.45, 2.75) is 11.4 Å². The van der Waals surface area contributed by atoms with Gasteiger partial charge in [-0.15, -0.1) is 0 Å². The average Bonchev–Trinajstić information content (AvgIpc) is 2.79. The predicted molar refractivity (Wildman–Crippen MR) is 109 cm³/mol. The Hall–Kier alpha value is -2.82. The number of nitrogens with zero attached hydrogens (tertiary/aromatic N) is 2. The number of benzene rings is 2. The summed E-state index contributed by atoms with van der Waals surface area (Å²) in [7, 11) is -2.11. The van der Waals surface area contributed by atoms with Gasteiger partial charge in [-0.25, -0.2) is 17.6 Å². The van der Waals surface area contributed by atoms with Gasteiger partial charge in [-0.3, -0.25) is 4.79 Å². The number of esters is 1. The highest BCUT2D eigenvalue weighted by Gasteiger charge is 2.26. The quantitative estimate of drug-likeness (QED) is 0.596. The van der Waals surface area contributed by atoms with E-state index in [0.29, 0.717) is 13.2 Å². The lowest BCUT2D eigenvalue weighted by Crippen LogP contribution is -2.40. The second-order valence-corrected chi connectivity index (χ2v) is 8.93. The minimum Gasteiger partial charge on any atom is -0.452 e. The Bertz CT molecular complexity index is 1020. The maximum atomic E-state index is 13.0. The van der Waals surface area contributed by atoms with E-state index in [2.05, 4.69) is 0 Å². The molecule has 2 aromatic carbocycles. The third-order valence-corrected chi connectivity index (χ3v) is 6.70. The molecule has 1 aliphatic heterocycles. The van der Waals surface area contributed by atoms with Crippen molar-refractivity contribution < 1.29 is 31.9 Å². The van der Waals surface area contributed by atoms with Crippen LogP contribution in [0.25, 0.3) is 0 Å². The number of amides is 1. The first-order chi connectivity index (χ1) is 14.8. The van der Waals surface area contributed by atoms with Crippen molar-refractivity contribution in [1.82, 2.24) is 9.21 Å². The molecule has 0 N–H and O–H groups in total. The number of rotatable bonds is 7. The van der Waals surface area contributed by atoms with Crippen LogP contribution in [0.2, 0.25) is 0 Å². The first-order valence-electron chi connectivity index (χ1n) is 9.61. The molecule has 31 heavy (non-hydrogen) atoms. The molecular formula is C21H23FN2O6S. The van der Waals surface area contributed by atoms with Gasteiger partial charge in [-0.1, -0.05) is 12.1 Å². The average molecular weight is 450 g/mol. The molecule has 166 valence electrons. The maximum absolute atomic E-state index is 13.0. The number of likely N-dealkylation sites (N-methyl/N-ethyl adjacent to an activating group) is 1. The third-order valence-electron chi connectivity index (χ3n) is 4.78. The summed E-state index contributed by atoms with van der Waals surface area (Å²) in [5.74, 6) is -1.53. The predicted octanol–water partition coefficient (Wildman–Crippen LogP) is 1.66. The van der Waals surface area contributed by atoms with E-state index in [9.17, 15) is 22.4 Å². The minimum atomic E-state index is -3.66. The van der Waals surface area contributed by atoms with Crippen molar-refractivity contribution in [3.63, 3.8) is 0 Å². The van der Waals surface area contributed by atoms with Crippen LogP contribution in [0.3, 0.4) is 0 Å². The fourth-order valence-corrected chi connectivity index (χ4v) is 4.38. The zero-order valence-corrected chi connectivity index (χ0v) is 17.8. The van der Waals surface area contributed by atoms with Gasteiger partial charge in [0.05, 0.1) is 23.7 Å². The monoisotopic (exact) mass is 450 g/mol. The highest BCUT2D eigenvalue weighted by molar-refractivity contribution is 7.89. The van der Waals surface area contributed by atoms with Crippen LogP contribution in [-0.2, 0) is 30.8 Å². The van der Waals surface area contributed by atoms with E-state index in [1.165, 1.54) is 45.6 Å². The van der Waals surface area contributed by atoms with Crippen molar-refractivity contribution in [2.24, 2.45) is 0 Å². The van der Waals surface area contributed by atoms with E-state index < -0.39 is 28.5 Å². The van der Waals surface area contributed by atoms with Crippen LogP contribution in [0.1, 0.15) is 15.9 Å². The third kappa shape index (κ3) is 5.87. The highest BCUT2D eigenvalue weighted by Crippen LogP contribution is 2.18. The molecule has 1 heterocycles. The Morgan fingerprint density at radius 3 is 2.29 bits per heavy atom. The number of sulfonamides is 1. The summed E-state index contributed by atoms with van der Waals surface area (Å²) in [5.41, 5.74) is 0.871. The first-order valence-corrected chi connectivity index (χ1v) is 11.0. The molecule has 0 atom stereocenters. The largest absolute Gasteiger partial charge is 0.452 e. The first kappa shape index (κ1) is 22.9. The topological polar surface area (TPSA) is 93.2 Å². The molecule has 0 spiro atoms. The van der Waals surface area contributed by atoms with Crippen molar-refractivity contribution in [3.05, 3.63) is 65.5 Å². The Morgan fingerprint density at radius 2 is 1.68 bits per heavy atom. The van der Waals surface area contributed by atoms with Crippen LogP contribution in [0, 0.1) is 5.82 Å². The van der Waals surface area contributed by atoms with E-state index in [-0.39, 0.29) is 35.9 Å². The molecule has 0 unspecified atom stereocenters. The Balaban J connectivity index is 1.54. The lowest BCUT2D eigenvalue weighted by Gasteiger charge is -2.26. The Kier molecular flexibility index (Phi) is 7.37. The minimum absolute atomic E-state index is 0.0704. The molecule has 1 saturated heterocycles. The fraction of sp³-hybridized carbons (Fsp3) is 0.333. The SMILES string of the molecule is CN(Cc1ccc(F)cc1)C(=O)COC(=O)c1ccc(S(=O)(=O)N2CCOCC2)cc1. The van der Waals surface area contributed by atoms with Crippen LogP contribution >= 0.6 is 0 Å². The molecule has 0 radical (unpaired) electrons. The second-order valence-electron chi connectivity index (χ2n) is 6.99. The van der Waals surface area contributed by atoms with E-state index in [1.54, 1.807) is 19.2 Å². The molecule has 0 saturated carbocycles. The van der Waals surface area contributed by atoms with Gasteiger partial charge < -0.3 is 14.4 Å². The van der Waals surface area contributed by atoms with Gasteiger partial charge in [-0.05, 0) is 42.0 Å². The number of ether oxygens (including phenoxy) is 2. The van der Waals surface area contributed by atoms with Crippen molar-refractivity contribution >= 4 is 21.9 Å². The smallest absolute Gasteiger partial charge is 0.338 e. The van der Waals surface area contributed by atoms with Crippen molar-refractivity contribution in [1.29, 1.82) is 0 Å². The van der Waals surface area contributed by atoms with Gasteiger partial charge in [-0.2, -0.15) is 4.31 Å². The lowest BCUT2D eigenvalue weighted by atomic mass is 10.2. The van der Waals surface area contributed by atoms with Gasteiger partial charge in [0, 0.05) is 26.7 Å². The number of hydrogen-bond acceptors (Lipinski definition) is 6. The zero-order chi connectivity index (χ0) is 22.4. The fourth-order valence-electron chi connectivity index (χ4n) is 2.97. The Labute approximate surface area is 180 Å². The summed E-state index contributed by atoms with van der Waals surface area (Å²) in [5, 5.41) is 0. The molecule has 1 aliphatic rings.